The van der Waals surface area contributed by atoms with Crippen LogP contribution in [-0.2, 0) is 4.79 Å². The van der Waals surface area contributed by atoms with Gasteiger partial charge in [-0.3, -0.25) is 14.9 Å². The van der Waals surface area contributed by atoms with Gasteiger partial charge in [-0.05, 0) is 36.4 Å². The summed E-state index contributed by atoms with van der Waals surface area (Å²) in [6.07, 6.45) is -0.726. The van der Waals surface area contributed by atoms with Crippen molar-refractivity contribution < 1.29 is 14.1 Å². The van der Waals surface area contributed by atoms with Gasteiger partial charge in [0, 0.05) is 23.4 Å². The number of para-hydroxylation sites is 1. The first-order chi connectivity index (χ1) is 14.5. The van der Waals surface area contributed by atoms with Gasteiger partial charge < -0.3 is 14.6 Å². The van der Waals surface area contributed by atoms with Crippen LogP contribution in [0.25, 0.3) is 11.3 Å². The van der Waals surface area contributed by atoms with Crippen LogP contribution in [0.1, 0.15) is 11.9 Å². The Morgan fingerprint density at radius 3 is 2.43 bits per heavy atom. The number of nitrogens with zero attached hydrogens (tertiary/aromatic N) is 3. The van der Waals surface area contributed by atoms with E-state index in [1.165, 1.54) is 12.1 Å². The van der Waals surface area contributed by atoms with E-state index in [9.17, 15) is 20.2 Å². The first-order valence-electron chi connectivity index (χ1n) is 8.82. The summed E-state index contributed by atoms with van der Waals surface area (Å²) in [5, 5.41) is 23.2. The molecule has 2 heterocycles. The summed E-state index contributed by atoms with van der Waals surface area (Å²) >= 11 is 4.44. The second-order valence-electron chi connectivity index (χ2n) is 6.40. The van der Waals surface area contributed by atoms with Crippen molar-refractivity contribution in [1.29, 1.82) is 5.26 Å². The molecular weight excluding hydrogens is 404 g/mol. The Morgan fingerprint density at radius 2 is 1.80 bits per heavy atom. The molecular formula is C21H14N4O4S. The lowest BCUT2D eigenvalue weighted by Crippen LogP contribution is -2.45. The maximum Gasteiger partial charge on any atom is 0.269 e. The third-order valence-electron chi connectivity index (χ3n) is 4.61. The summed E-state index contributed by atoms with van der Waals surface area (Å²) in [6.45, 7) is 0. The molecule has 1 atom stereocenters. The summed E-state index contributed by atoms with van der Waals surface area (Å²) in [5.41, 5.74) is 1.25. The lowest BCUT2D eigenvalue weighted by Gasteiger charge is -2.36. The van der Waals surface area contributed by atoms with Gasteiger partial charge in [0.15, 0.2) is 6.17 Å². The summed E-state index contributed by atoms with van der Waals surface area (Å²) in [7, 11) is 0. The Balaban J connectivity index is 1.74. The number of nitro groups is 1. The van der Waals surface area contributed by atoms with Crippen LogP contribution < -0.4 is 10.2 Å². The van der Waals surface area contributed by atoms with Crippen molar-refractivity contribution in [3.8, 4) is 17.4 Å². The van der Waals surface area contributed by atoms with Gasteiger partial charge in [0.25, 0.3) is 11.6 Å². The molecule has 1 aromatic heterocycles. The Kier molecular flexibility index (Phi) is 5.00. The zero-order valence-corrected chi connectivity index (χ0v) is 16.2. The highest BCUT2D eigenvalue weighted by atomic mass is 32.1. The van der Waals surface area contributed by atoms with E-state index >= 15 is 0 Å². The topological polar surface area (TPSA) is 112 Å². The molecule has 0 radical (unpaired) electrons. The molecule has 0 bridgehead atoms. The number of carbonyl (C=O) groups is 1. The number of hydrogen-bond acceptors (Lipinski definition) is 7. The molecule has 4 rings (SSSR count). The molecule has 1 aliphatic heterocycles. The van der Waals surface area contributed by atoms with Gasteiger partial charge in [0.1, 0.15) is 23.2 Å². The van der Waals surface area contributed by atoms with Gasteiger partial charge in [-0.15, -0.1) is 12.6 Å². The number of non-ortho nitro benzene ring substituents is 1. The average Bonchev–Trinajstić information content (AvgIpc) is 3.24. The zero-order chi connectivity index (χ0) is 21.3. The molecule has 0 saturated heterocycles. The molecule has 3 aromatic rings. The average molecular weight is 418 g/mol. The number of nitrogens with one attached hydrogen (secondary N) is 1. The van der Waals surface area contributed by atoms with E-state index in [-0.39, 0.29) is 16.3 Å². The van der Waals surface area contributed by atoms with Crippen molar-refractivity contribution in [3.63, 3.8) is 0 Å². The van der Waals surface area contributed by atoms with Crippen LogP contribution >= 0.6 is 12.6 Å². The van der Waals surface area contributed by atoms with Crippen molar-refractivity contribution in [2.24, 2.45) is 0 Å². The smallest absolute Gasteiger partial charge is 0.269 e. The normalized spacial score (nSPS) is 16.2. The van der Waals surface area contributed by atoms with E-state index in [0.717, 1.165) is 0 Å². The monoisotopic (exact) mass is 418 g/mol. The lowest BCUT2D eigenvalue weighted by atomic mass is 10.1. The highest BCUT2D eigenvalue weighted by molar-refractivity contribution is 7.84. The summed E-state index contributed by atoms with van der Waals surface area (Å²) < 4.78 is 5.96. The van der Waals surface area contributed by atoms with E-state index in [2.05, 4.69) is 17.9 Å². The van der Waals surface area contributed by atoms with Gasteiger partial charge in [0.2, 0.25) is 0 Å². The second-order valence-corrected chi connectivity index (χ2v) is 6.82. The Labute approximate surface area is 176 Å². The predicted molar refractivity (Wildman–Crippen MR) is 112 cm³/mol. The van der Waals surface area contributed by atoms with Crippen LogP contribution in [0.15, 0.2) is 81.7 Å². The molecule has 0 fully saturated rings. The van der Waals surface area contributed by atoms with Gasteiger partial charge in [-0.1, -0.05) is 18.2 Å². The summed E-state index contributed by atoms with van der Waals surface area (Å²) in [5.74, 6) is 0.356. The number of nitro benzene ring substituents is 1. The van der Waals surface area contributed by atoms with Crippen LogP contribution in [-0.4, -0.2) is 10.8 Å². The number of amides is 1. The minimum atomic E-state index is -0.726. The van der Waals surface area contributed by atoms with E-state index in [1.54, 1.807) is 29.2 Å². The fourth-order valence-electron chi connectivity index (χ4n) is 3.17. The number of hydrogen-bond donors (Lipinski definition) is 2. The maximum absolute atomic E-state index is 12.4. The van der Waals surface area contributed by atoms with Crippen LogP contribution in [0.5, 0.6) is 0 Å². The number of carbonyl (C=O) groups excluding carboxylic acids is 1. The van der Waals surface area contributed by atoms with Gasteiger partial charge in [-0.25, -0.2) is 0 Å². The number of nitriles is 1. The van der Waals surface area contributed by atoms with Crippen molar-refractivity contribution in [2.45, 2.75) is 6.17 Å². The van der Waals surface area contributed by atoms with Crippen molar-refractivity contribution in [2.75, 3.05) is 4.90 Å². The number of thiol groups is 1. The summed E-state index contributed by atoms with van der Waals surface area (Å²) in [4.78, 5) is 24.5. The maximum atomic E-state index is 12.4. The lowest BCUT2D eigenvalue weighted by molar-refractivity contribution is -0.384. The number of benzene rings is 2. The van der Waals surface area contributed by atoms with Crippen molar-refractivity contribution in [1.82, 2.24) is 5.32 Å². The fourth-order valence-corrected chi connectivity index (χ4v) is 3.55. The number of rotatable bonds is 4. The van der Waals surface area contributed by atoms with E-state index in [1.807, 2.05) is 36.4 Å². The van der Waals surface area contributed by atoms with Gasteiger partial charge in [0.05, 0.1) is 9.95 Å². The Hall–Kier alpha value is -4.03. The van der Waals surface area contributed by atoms with E-state index in [4.69, 9.17) is 4.42 Å². The van der Waals surface area contributed by atoms with E-state index in [0.29, 0.717) is 22.8 Å². The zero-order valence-electron chi connectivity index (χ0n) is 15.4. The van der Waals surface area contributed by atoms with Crippen LogP contribution in [0.4, 0.5) is 11.4 Å². The molecule has 2 aromatic carbocycles. The van der Waals surface area contributed by atoms with Crippen molar-refractivity contribution >= 4 is 29.9 Å². The first kappa shape index (κ1) is 19.3. The molecule has 8 nitrogen and oxygen atoms in total. The van der Waals surface area contributed by atoms with Crippen molar-refractivity contribution in [3.05, 3.63) is 93.2 Å². The Bertz CT molecular complexity index is 1200. The second kappa shape index (κ2) is 7.77. The quantitative estimate of drug-likeness (QED) is 0.374. The van der Waals surface area contributed by atoms with Crippen LogP contribution in [0.3, 0.4) is 0 Å². The third-order valence-corrected chi connectivity index (χ3v) is 5.05. The first-order valence-corrected chi connectivity index (χ1v) is 9.27. The molecule has 1 amide bonds. The molecule has 30 heavy (non-hydrogen) atoms. The number of anilines is 1. The highest BCUT2D eigenvalue weighted by Gasteiger charge is 2.35. The standard InChI is InChI=1S/C21H14N4O4S/c22-12-16-20(26)23-19(24(21(16)30)14-4-2-1-3-5-14)18-11-10-17(29-18)13-6-8-15(9-7-13)25(27)28/h1-11,19,30H,(H,23,26). The minimum Gasteiger partial charge on any atom is -0.457 e. The molecule has 148 valence electrons. The molecule has 0 spiro atoms. The molecule has 1 aliphatic rings. The molecule has 9 heteroatoms. The van der Waals surface area contributed by atoms with Gasteiger partial charge in [-0.2, -0.15) is 5.26 Å². The SMILES string of the molecule is N#CC1=C(S)N(c2ccccc2)C(c2ccc(-c3ccc([N+](=O)[O-])cc3)o2)NC1=O. The molecule has 1 unspecified atom stereocenters. The fraction of sp³-hybridized carbons (Fsp3) is 0.0476. The Morgan fingerprint density at radius 1 is 1.10 bits per heavy atom. The third kappa shape index (κ3) is 3.40. The van der Waals surface area contributed by atoms with Crippen LogP contribution in [0.2, 0.25) is 0 Å². The largest absolute Gasteiger partial charge is 0.457 e. The molecule has 0 saturated carbocycles. The molecule has 1 N–H and O–H groups in total. The molecule has 0 aliphatic carbocycles. The highest BCUT2D eigenvalue weighted by Crippen LogP contribution is 2.37. The summed E-state index contributed by atoms with van der Waals surface area (Å²) in [6, 6.07) is 20.5. The van der Waals surface area contributed by atoms with Crippen LogP contribution in [0, 0.1) is 21.4 Å². The number of furan rings is 1. The van der Waals surface area contributed by atoms with Gasteiger partial charge >= 0.3 is 0 Å². The predicted octanol–water partition coefficient (Wildman–Crippen LogP) is 4.15. The minimum absolute atomic E-state index is 0.0192. The van der Waals surface area contributed by atoms with E-state index < -0.39 is 17.0 Å².